The van der Waals surface area contributed by atoms with E-state index in [-0.39, 0.29) is 23.6 Å². The monoisotopic (exact) mass is 301 g/mol. The summed E-state index contributed by atoms with van der Waals surface area (Å²) in [5, 5.41) is 8.96. The molecule has 0 atom stereocenters. The van der Waals surface area contributed by atoms with Crippen molar-refractivity contribution >= 4 is 16.0 Å². The van der Waals surface area contributed by atoms with Crippen LogP contribution in [0.5, 0.6) is 0 Å². The summed E-state index contributed by atoms with van der Waals surface area (Å²) in [7, 11) is -2.39. The molecule has 0 aliphatic heterocycles. The van der Waals surface area contributed by atoms with Crippen molar-refractivity contribution in [1.29, 1.82) is 0 Å². The second-order valence-corrected chi connectivity index (χ2v) is 6.08. The van der Waals surface area contributed by atoms with E-state index >= 15 is 0 Å². The molecule has 0 fully saturated rings. The van der Waals surface area contributed by atoms with Gasteiger partial charge in [0.05, 0.1) is 24.2 Å². The van der Waals surface area contributed by atoms with Crippen molar-refractivity contribution < 1.29 is 23.1 Å². The van der Waals surface area contributed by atoms with Gasteiger partial charge in [-0.3, -0.25) is 0 Å². The van der Waals surface area contributed by atoms with E-state index in [2.05, 4.69) is 4.74 Å². The second kappa shape index (κ2) is 7.37. The Morgan fingerprint density at radius 3 is 2.30 bits per heavy atom. The zero-order chi connectivity index (χ0) is 15.2. The normalized spacial score (nSPS) is 11.6. The average Bonchev–Trinajstić information content (AvgIpc) is 2.46. The Hall–Kier alpha value is -1.44. The Morgan fingerprint density at radius 2 is 1.85 bits per heavy atom. The zero-order valence-electron chi connectivity index (χ0n) is 11.6. The molecule has 1 aromatic carbocycles. The van der Waals surface area contributed by atoms with Crippen LogP contribution in [0, 0.1) is 0 Å². The molecule has 1 N–H and O–H groups in total. The molecule has 0 aliphatic rings. The third kappa shape index (κ3) is 3.78. The average molecular weight is 301 g/mol. The molecule has 1 aromatic rings. The van der Waals surface area contributed by atoms with Crippen LogP contribution in [-0.4, -0.2) is 50.6 Å². The summed E-state index contributed by atoms with van der Waals surface area (Å²) in [4.78, 5) is 11.4. The van der Waals surface area contributed by atoms with Crippen LogP contribution >= 0.6 is 0 Å². The quantitative estimate of drug-likeness (QED) is 0.755. The lowest BCUT2D eigenvalue weighted by Gasteiger charge is -2.20. The van der Waals surface area contributed by atoms with Crippen molar-refractivity contribution in [3.05, 3.63) is 29.8 Å². The first-order valence-electron chi connectivity index (χ1n) is 6.26. The van der Waals surface area contributed by atoms with Crippen molar-refractivity contribution in [2.24, 2.45) is 0 Å². The van der Waals surface area contributed by atoms with Gasteiger partial charge in [0.2, 0.25) is 10.0 Å². The summed E-state index contributed by atoms with van der Waals surface area (Å²) < 4.78 is 30.5. The summed E-state index contributed by atoms with van der Waals surface area (Å²) in [6.07, 6.45) is 0.652. The van der Waals surface area contributed by atoms with E-state index in [1.165, 1.54) is 35.7 Å². The van der Waals surface area contributed by atoms with E-state index in [9.17, 15) is 13.2 Å². The minimum atomic E-state index is -3.65. The van der Waals surface area contributed by atoms with Crippen LogP contribution in [0.2, 0.25) is 0 Å². The van der Waals surface area contributed by atoms with Crippen molar-refractivity contribution in [3.63, 3.8) is 0 Å². The third-order valence-corrected chi connectivity index (χ3v) is 4.65. The SMILES string of the molecule is CCCN(CCO)S(=O)(=O)c1ccc(C(=O)OC)cc1. The van der Waals surface area contributed by atoms with Gasteiger partial charge < -0.3 is 9.84 Å². The number of esters is 1. The number of aliphatic hydroxyl groups is 1. The Kier molecular flexibility index (Phi) is 6.12. The van der Waals surface area contributed by atoms with Crippen molar-refractivity contribution in [1.82, 2.24) is 4.31 Å². The number of aliphatic hydroxyl groups excluding tert-OH is 1. The first-order valence-corrected chi connectivity index (χ1v) is 7.70. The number of hydrogen-bond acceptors (Lipinski definition) is 5. The number of nitrogens with zero attached hydrogens (tertiary/aromatic N) is 1. The Morgan fingerprint density at radius 1 is 1.25 bits per heavy atom. The number of rotatable bonds is 7. The molecule has 112 valence electrons. The summed E-state index contributed by atoms with van der Waals surface area (Å²) in [5.74, 6) is -0.519. The summed E-state index contributed by atoms with van der Waals surface area (Å²) in [6.45, 7) is 2.01. The van der Waals surface area contributed by atoms with Gasteiger partial charge in [-0.2, -0.15) is 4.31 Å². The number of hydrogen-bond donors (Lipinski definition) is 1. The summed E-state index contributed by atoms with van der Waals surface area (Å²) in [6, 6.07) is 5.53. The first-order chi connectivity index (χ1) is 9.47. The highest BCUT2D eigenvalue weighted by Crippen LogP contribution is 2.17. The Bertz CT molecular complexity index is 532. The van der Waals surface area contributed by atoms with Gasteiger partial charge in [-0.25, -0.2) is 13.2 Å². The fourth-order valence-corrected chi connectivity index (χ4v) is 3.27. The first kappa shape index (κ1) is 16.6. The molecule has 0 saturated carbocycles. The molecule has 0 radical (unpaired) electrons. The maximum Gasteiger partial charge on any atom is 0.337 e. The van der Waals surface area contributed by atoms with Crippen LogP contribution in [-0.2, 0) is 14.8 Å². The Labute approximate surface area is 119 Å². The van der Waals surface area contributed by atoms with Gasteiger partial charge in [0.1, 0.15) is 0 Å². The fraction of sp³-hybridized carbons (Fsp3) is 0.462. The maximum atomic E-state index is 12.4. The van der Waals surface area contributed by atoms with E-state index in [1.807, 2.05) is 6.92 Å². The molecule has 0 aromatic heterocycles. The van der Waals surface area contributed by atoms with E-state index in [4.69, 9.17) is 5.11 Å². The molecule has 0 heterocycles. The van der Waals surface area contributed by atoms with Gasteiger partial charge in [-0.15, -0.1) is 0 Å². The van der Waals surface area contributed by atoms with Gasteiger partial charge >= 0.3 is 5.97 Å². The predicted molar refractivity (Wildman–Crippen MR) is 73.9 cm³/mol. The smallest absolute Gasteiger partial charge is 0.337 e. The molecule has 0 bridgehead atoms. The van der Waals surface area contributed by atoms with E-state index in [1.54, 1.807) is 0 Å². The highest BCUT2D eigenvalue weighted by atomic mass is 32.2. The third-order valence-electron chi connectivity index (χ3n) is 2.74. The summed E-state index contributed by atoms with van der Waals surface area (Å²) in [5.41, 5.74) is 0.288. The summed E-state index contributed by atoms with van der Waals surface area (Å²) >= 11 is 0. The predicted octanol–water partition coefficient (Wildman–Crippen LogP) is 0.866. The number of sulfonamides is 1. The molecule has 0 spiro atoms. The molecule has 7 heteroatoms. The molecular weight excluding hydrogens is 282 g/mol. The number of methoxy groups -OCH3 is 1. The molecule has 6 nitrogen and oxygen atoms in total. The van der Waals surface area contributed by atoms with Crippen LogP contribution in [0.3, 0.4) is 0 Å². The minimum Gasteiger partial charge on any atom is -0.465 e. The zero-order valence-corrected chi connectivity index (χ0v) is 12.4. The van der Waals surface area contributed by atoms with Crippen LogP contribution in [0.25, 0.3) is 0 Å². The van der Waals surface area contributed by atoms with Crippen LogP contribution in [0.15, 0.2) is 29.2 Å². The molecular formula is C13H19NO5S. The number of carbonyl (C=O) groups excluding carboxylic acids is 1. The highest BCUT2D eigenvalue weighted by Gasteiger charge is 2.23. The van der Waals surface area contributed by atoms with Gasteiger partial charge in [-0.1, -0.05) is 6.92 Å². The van der Waals surface area contributed by atoms with E-state index in [0.717, 1.165) is 0 Å². The number of carbonyl (C=O) groups is 1. The van der Waals surface area contributed by atoms with E-state index < -0.39 is 16.0 Å². The number of ether oxygens (including phenoxy) is 1. The second-order valence-electron chi connectivity index (χ2n) is 4.14. The Balaban J connectivity index is 3.05. The van der Waals surface area contributed by atoms with E-state index in [0.29, 0.717) is 13.0 Å². The van der Waals surface area contributed by atoms with Crippen LogP contribution < -0.4 is 0 Å². The lowest BCUT2D eigenvalue weighted by atomic mass is 10.2. The van der Waals surface area contributed by atoms with Gasteiger partial charge in [-0.05, 0) is 30.7 Å². The maximum absolute atomic E-state index is 12.4. The lowest BCUT2D eigenvalue weighted by Crippen LogP contribution is -2.34. The molecule has 0 amide bonds. The van der Waals surface area contributed by atoms with Crippen LogP contribution in [0.4, 0.5) is 0 Å². The van der Waals surface area contributed by atoms with Crippen LogP contribution in [0.1, 0.15) is 23.7 Å². The topological polar surface area (TPSA) is 83.9 Å². The molecule has 0 unspecified atom stereocenters. The molecule has 1 rings (SSSR count). The molecule has 0 aliphatic carbocycles. The van der Waals surface area contributed by atoms with Crippen molar-refractivity contribution in [3.8, 4) is 0 Å². The van der Waals surface area contributed by atoms with Gasteiger partial charge in [0.25, 0.3) is 0 Å². The van der Waals surface area contributed by atoms with Gasteiger partial charge in [0, 0.05) is 13.1 Å². The lowest BCUT2D eigenvalue weighted by molar-refractivity contribution is 0.0600. The van der Waals surface area contributed by atoms with Crippen molar-refractivity contribution in [2.75, 3.05) is 26.8 Å². The van der Waals surface area contributed by atoms with Crippen molar-refractivity contribution in [2.45, 2.75) is 18.2 Å². The van der Waals surface area contributed by atoms with Gasteiger partial charge in [0.15, 0.2) is 0 Å². The molecule has 0 saturated heterocycles. The minimum absolute atomic E-state index is 0.0505. The highest BCUT2D eigenvalue weighted by molar-refractivity contribution is 7.89. The largest absolute Gasteiger partial charge is 0.465 e. The number of benzene rings is 1. The molecule has 20 heavy (non-hydrogen) atoms. The fourth-order valence-electron chi connectivity index (χ4n) is 1.74. The standard InChI is InChI=1S/C13H19NO5S/c1-3-8-14(9-10-15)20(17,18)12-6-4-11(5-7-12)13(16)19-2/h4-7,15H,3,8-10H2,1-2H3.